The van der Waals surface area contributed by atoms with Crippen LogP contribution in [0.25, 0.3) is 0 Å². The van der Waals surface area contributed by atoms with E-state index in [4.69, 9.17) is 5.26 Å². The van der Waals surface area contributed by atoms with Crippen LogP contribution in [0.5, 0.6) is 0 Å². The molecule has 1 fully saturated rings. The van der Waals surface area contributed by atoms with Gasteiger partial charge in [-0.25, -0.2) is 0 Å². The van der Waals surface area contributed by atoms with Crippen LogP contribution in [0.15, 0.2) is 22.3 Å². The fourth-order valence-electron chi connectivity index (χ4n) is 1.81. The monoisotopic (exact) mass is 218 g/mol. The van der Waals surface area contributed by atoms with E-state index in [1.54, 1.807) is 0 Å². The predicted octanol–water partition coefficient (Wildman–Crippen LogP) is 1.90. The molecule has 0 bridgehead atoms. The van der Waals surface area contributed by atoms with Gasteiger partial charge in [-0.3, -0.25) is 9.98 Å². The number of hydrogen-bond donors (Lipinski definition) is 1. The topological polar surface area (TPSA) is 60.5 Å². The molecule has 1 aliphatic carbocycles. The number of hydrogen-bond acceptors (Lipinski definition) is 3. The van der Waals surface area contributed by atoms with E-state index in [0.29, 0.717) is 12.6 Å². The van der Waals surface area contributed by atoms with E-state index in [0.717, 1.165) is 25.7 Å². The molecule has 86 valence electrons. The van der Waals surface area contributed by atoms with Crippen molar-refractivity contribution in [3.8, 4) is 6.07 Å². The Bertz CT molecular complexity index is 293. The summed E-state index contributed by atoms with van der Waals surface area (Å²) in [6, 6.07) is 2.85. The normalized spacial score (nSPS) is 25.7. The highest BCUT2D eigenvalue weighted by molar-refractivity contribution is 5.61. The van der Waals surface area contributed by atoms with E-state index in [1.165, 1.54) is 6.34 Å². The Morgan fingerprint density at radius 1 is 1.38 bits per heavy atom. The molecule has 4 heteroatoms. The van der Waals surface area contributed by atoms with Gasteiger partial charge >= 0.3 is 0 Å². The summed E-state index contributed by atoms with van der Waals surface area (Å²) in [5.41, 5.74) is 0. The molecule has 0 aliphatic heterocycles. The average molecular weight is 218 g/mol. The Morgan fingerprint density at radius 3 is 2.75 bits per heavy atom. The highest BCUT2D eigenvalue weighted by atomic mass is 14.9. The van der Waals surface area contributed by atoms with Crippen LogP contribution in [-0.4, -0.2) is 25.6 Å². The van der Waals surface area contributed by atoms with E-state index >= 15 is 0 Å². The summed E-state index contributed by atoms with van der Waals surface area (Å²) in [7, 11) is 0. The standard InChI is InChI=1S/C12H18N4/c1-14-10-15-7-2-8-16-12-5-3-11(9-13)4-6-12/h2,8,10-12,16H,1,3-7H2/b8-2+,15-10-. The van der Waals surface area contributed by atoms with Gasteiger partial charge in [0.15, 0.2) is 0 Å². The Hall–Kier alpha value is -1.63. The number of nitriles is 1. The molecule has 1 N–H and O–H groups in total. The van der Waals surface area contributed by atoms with E-state index in [1.807, 2.05) is 12.3 Å². The Labute approximate surface area is 96.8 Å². The number of nitrogens with zero attached hydrogens (tertiary/aromatic N) is 3. The molecule has 0 atom stereocenters. The fourth-order valence-corrected chi connectivity index (χ4v) is 1.81. The molecule has 16 heavy (non-hydrogen) atoms. The lowest BCUT2D eigenvalue weighted by atomic mass is 9.87. The molecule has 1 saturated carbocycles. The van der Waals surface area contributed by atoms with Crippen LogP contribution in [0.1, 0.15) is 25.7 Å². The first-order valence-electron chi connectivity index (χ1n) is 5.61. The van der Waals surface area contributed by atoms with Gasteiger partial charge in [0.25, 0.3) is 0 Å². The zero-order valence-corrected chi connectivity index (χ0v) is 9.47. The highest BCUT2D eigenvalue weighted by Crippen LogP contribution is 2.23. The van der Waals surface area contributed by atoms with Crippen molar-refractivity contribution in [2.24, 2.45) is 15.9 Å². The molecule has 0 saturated heterocycles. The number of aliphatic imine (C=N–C) groups is 2. The van der Waals surface area contributed by atoms with Gasteiger partial charge in [0.05, 0.1) is 12.6 Å². The molecule has 0 amide bonds. The van der Waals surface area contributed by atoms with Gasteiger partial charge in [-0.05, 0) is 44.7 Å². The molecule has 1 rings (SSSR count). The van der Waals surface area contributed by atoms with Crippen LogP contribution < -0.4 is 5.32 Å². The first-order valence-corrected chi connectivity index (χ1v) is 5.61. The second-order valence-corrected chi connectivity index (χ2v) is 3.91. The zero-order valence-electron chi connectivity index (χ0n) is 9.47. The summed E-state index contributed by atoms with van der Waals surface area (Å²) in [6.45, 7) is 3.93. The molecule has 0 heterocycles. The molecule has 0 spiro atoms. The molecular weight excluding hydrogens is 200 g/mol. The van der Waals surface area contributed by atoms with Crippen molar-refractivity contribution in [3.05, 3.63) is 12.3 Å². The molecule has 0 aromatic rings. The summed E-state index contributed by atoms with van der Waals surface area (Å²) in [5, 5.41) is 12.1. The first kappa shape index (κ1) is 12.4. The van der Waals surface area contributed by atoms with Crippen LogP contribution >= 0.6 is 0 Å². The summed E-state index contributed by atoms with van der Waals surface area (Å²) in [6.07, 6.45) is 9.54. The minimum absolute atomic E-state index is 0.269. The van der Waals surface area contributed by atoms with Gasteiger partial charge in [-0.1, -0.05) is 0 Å². The molecule has 1 aliphatic rings. The lowest BCUT2D eigenvalue weighted by Crippen LogP contribution is -2.29. The van der Waals surface area contributed by atoms with Crippen LogP contribution in [0.2, 0.25) is 0 Å². The Balaban J connectivity index is 2.12. The Kier molecular flexibility index (Phi) is 5.94. The summed E-state index contributed by atoms with van der Waals surface area (Å²) < 4.78 is 0. The molecule has 0 radical (unpaired) electrons. The molecule has 0 unspecified atom stereocenters. The predicted molar refractivity (Wildman–Crippen MR) is 66.5 cm³/mol. The summed E-state index contributed by atoms with van der Waals surface area (Å²) >= 11 is 0. The van der Waals surface area contributed by atoms with E-state index in [2.05, 4.69) is 28.1 Å². The van der Waals surface area contributed by atoms with E-state index in [-0.39, 0.29) is 5.92 Å². The minimum Gasteiger partial charge on any atom is -0.388 e. The van der Waals surface area contributed by atoms with Crippen molar-refractivity contribution >= 4 is 13.1 Å². The third kappa shape index (κ3) is 4.74. The SMILES string of the molecule is C=N/C=N\C/C=C/NC1CCC(C#N)CC1. The maximum atomic E-state index is 8.76. The van der Waals surface area contributed by atoms with Gasteiger partial charge in [-0.15, -0.1) is 0 Å². The first-order chi connectivity index (χ1) is 7.86. The molecule has 0 aromatic carbocycles. The molecular formula is C12H18N4. The van der Waals surface area contributed by atoms with E-state index in [9.17, 15) is 0 Å². The zero-order chi connectivity index (χ0) is 11.6. The van der Waals surface area contributed by atoms with Gasteiger partial charge in [-0.2, -0.15) is 5.26 Å². The van der Waals surface area contributed by atoms with Gasteiger partial charge in [0.1, 0.15) is 6.34 Å². The van der Waals surface area contributed by atoms with Crippen LogP contribution in [-0.2, 0) is 0 Å². The van der Waals surface area contributed by atoms with Gasteiger partial charge in [0.2, 0.25) is 0 Å². The van der Waals surface area contributed by atoms with Crippen LogP contribution in [0.3, 0.4) is 0 Å². The van der Waals surface area contributed by atoms with Crippen molar-refractivity contribution in [1.82, 2.24) is 5.32 Å². The van der Waals surface area contributed by atoms with Crippen LogP contribution in [0.4, 0.5) is 0 Å². The lowest BCUT2D eigenvalue weighted by Gasteiger charge is -2.24. The maximum Gasteiger partial charge on any atom is 0.109 e. The van der Waals surface area contributed by atoms with Crippen LogP contribution in [0, 0.1) is 17.2 Å². The number of rotatable bonds is 5. The molecule has 0 aromatic heterocycles. The van der Waals surface area contributed by atoms with Gasteiger partial charge in [0, 0.05) is 12.0 Å². The highest BCUT2D eigenvalue weighted by Gasteiger charge is 2.19. The largest absolute Gasteiger partial charge is 0.388 e. The third-order valence-corrected chi connectivity index (χ3v) is 2.73. The molecule has 4 nitrogen and oxygen atoms in total. The van der Waals surface area contributed by atoms with Crippen molar-refractivity contribution in [2.75, 3.05) is 6.54 Å². The second kappa shape index (κ2) is 7.63. The van der Waals surface area contributed by atoms with Gasteiger partial charge < -0.3 is 5.32 Å². The maximum absolute atomic E-state index is 8.76. The second-order valence-electron chi connectivity index (χ2n) is 3.91. The summed E-state index contributed by atoms with van der Waals surface area (Å²) in [5.74, 6) is 0.269. The van der Waals surface area contributed by atoms with E-state index < -0.39 is 0 Å². The average Bonchev–Trinajstić information content (AvgIpc) is 2.34. The quantitative estimate of drug-likeness (QED) is 0.566. The minimum atomic E-state index is 0.269. The van der Waals surface area contributed by atoms with Crippen molar-refractivity contribution in [2.45, 2.75) is 31.7 Å². The lowest BCUT2D eigenvalue weighted by molar-refractivity contribution is 0.354. The number of nitrogens with one attached hydrogen (secondary N) is 1. The smallest absolute Gasteiger partial charge is 0.109 e. The summed E-state index contributed by atoms with van der Waals surface area (Å²) in [4.78, 5) is 7.49. The Morgan fingerprint density at radius 2 is 2.12 bits per heavy atom. The van der Waals surface area contributed by atoms with Crippen molar-refractivity contribution in [1.29, 1.82) is 5.26 Å². The fraction of sp³-hybridized carbons (Fsp3) is 0.583. The van der Waals surface area contributed by atoms with Crippen molar-refractivity contribution < 1.29 is 0 Å². The van der Waals surface area contributed by atoms with Crippen molar-refractivity contribution in [3.63, 3.8) is 0 Å². The third-order valence-electron chi connectivity index (χ3n) is 2.73.